The highest BCUT2D eigenvalue weighted by Gasteiger charge is 2.13. The predicted octanol–water partition coefficient (Wildman–Crippen LogP) is 3.90. The first kappa shape index (κ1) is 14.5. The minimum Gasteiger partial charge on any atom is -0.294 e. The molecule has 0 radical (unpaired) electrons. The number of aromatic nitrogens is 2. The van der Waals surface area contributed by atoms with Gasteiger partial charge in [0.15, 0.2) is 5.78 Å². The van der Waals surface area contributed by atoms with E-state index in [1.54, 1.807) is 0 Å². The second-order valence-electron chi connectivity index (χ2n) is 5.39. The van der Waals surface area contributed by atoms with Crippen LogP contribution in [0, 0.1) is 13.8 Å². The molecule has 1 heterocycles. The van der Waals surface area contributed by atoms with Crippen LogP contribution < -0.4 is 0 Å². The fraction of sp³-hybridized carbons (Fsp3) is 0.412. The van der Waals surface area contributed by atoms with Crippen LogP contribution in [0.5, 0.6) is 0 Å². The molecule has 0 amide bonds. The van der Waals surface area contributed by atoms with Crippen molar-refractivity contribution >= 4 is 5.78 Å². The molecule has 0 bridgehead atoms. The molecule has 1 atom stereocenters. The lowest BCUT2D eigenvalue weighted by Gasteiger charge is -2.08. The minimum atomic E-state index is 0.139. The molecule has 2 aromatic rings. The van der Waals surface area contributed by atoms with Gasteiger partial charge < -0.3 is 0 Å². The normalized spacial score (nSPS) is 12.4. The van der Waals surface area contributed by atoms with Crippen molar-refractivity contribution in [3.8, 4) is 0 Å². The lowest BCUT2D eigenvalue weighted by molar-refractivity contribution is 0.0991. The van der Waals surface area contributed by atoms with E-state index in [0.29, 0.717) is 12.5 Å². The van der Waals surface area contributed by atoms with Crippen LogP contribution in [-0.4, -0.2) is 15.6 Å². The van der Waals surface area contributed by atoms with Crippen molar-refractivity contribution in [1.29, 1.82) is 0 Å². The van der Waals surface area contributed by atoms with Crippen molar-refractivity contribution in [2.24, 2.45) is 0 Å². The molecule has 1 aromatic carbocycles. The molecule has 3 heteroatoms. The summed E-state index contributed by atoms with van der Waals surface area (Å²) < 4.78 is 1.94. The van der Waals surface area contributed by atoms with E-state index in [1.165, 1.54) is 0 Å². The number of ketones is 1. The highest BCUT2D eigenvalue weighted by atomic mass is 16.1. The van der Waals surface area contributed by atoms with Gasteiger partial charge in [0.25, 0.3) is 0 Å². The summed E-state index contributed by atoms with van der Waals surface area (Å²) in [5.41, 5.74) is 3.87. The van der Waals surface area contributed by atoms with E-state index in [2.05, 4.69) is 18.9 Å². The summed E-state index contributed by atoms with van der Waals surface area (Å²) in [6, 6.07) is 8.18. The largest absolute Gasteiger partial charge is 0.294 e. The van der Waals surface area contributed by atoms with Crippen LogP contribution in [0.25, 0.3) is 0 Å². The van der Waals surface area contributed by atoms with Gasteiger partial charge in [-0.05, 0) is 44.4 Å². The average molecular weight is 270 g/mol. The van der Waals surface area contributed by atoms with Crippen molar-refractivity contribution in [2.75, 3.05) is 0 Å². The van der Waals surface area contributed by atoms with Crippen LogP contribution in [0.2, 0.25) is 0 Å². The number of rotatable bonds is 5. The van der Waals surface area contributed by atoms with Crippen molar-refractivity contribution in [1.82, 2.24) is 9.78 Å². The van der Waals surface area contributed by atoms with E-state index in [-0.39, 0.29) is 5.78 Å². The summed E-state index contributed by atoms with van der Waals surface area (Å²) in [6.07, 6.45) is 3.36. The Morgan fingerprint density at radius 2 is 2.05 bits per heavy atom. The molecule has 0 N–H and O–H groups in total. The van der Waals surface area contributed by atoms with Gasteiger partial charge in [0, 0.05) is 17.8 Å². The Balaban J connectivity index is 2.15. The lowest BCUT2D eigenvalue weighted by Crippen LogP contribution is -2.09. The number of aryl methyl sites for hydroxylation is 1. The summed E-state index contributed by atoms with van der Waals surface area (Å²) in [6.45, 7) is 8.29. The molecular weight excluding hydrogens is 248 g/mol. The number of hydrogen-bond donors (Lipinski definition) is 0. The zero-order valence-electron chi connectivity index (χ0n) is 12.7. The highest BCUT2D eigenvalue weighted by Crippen LogP contribution is 2.16. The lowest BCUT2D eigenvalue weighted by atomic mass is 9.98. The van der Waals surface area contributed by atoms with Gasteiger partial charge in [0.2, 0.25) is 0 Å². The first-order valence-electron chi connectivity index (χ1n) is 7.16. The van der Waals surface area contributed by atoms with E-state index in [4.69, 9.17) is 0 Å². The first-order chi connectivity index (χ1) is 9.52. The summed E-state index contributed by atoms with van der Waals surface area (Å²) in [7, 11) is 0. The van der Waals surface area contributed by atoms with Gasteiger partial charge in [0.1, 0.15) is 0 Å². The molecule has 1 aromatic heterocycles. The molecule has 20 heavy (non-hydrogen) atoms. The van der Waals surface area contributed by atoms with Gasteiger partial charge in [-0.15, -0.1) is 0 Å². The maximum atomic E-state index is 12.4. The van der Waals surface area contributed by atoms with Crippen molar-refractivity contribution in [2.45, 2.75) is 46.6 Å². The second-order valence-corrected chi connectivity index (χ2v) is 5.39. The van der Waals surface area contributed by atoms with Crippen LogP contribution in [0.1, 0.15) is 53.5 Å². The van der Waals surface area contributed by atoms with Crippen molar-refractivity contribution < 1.29 is 4.79 Å². The van der Waals surface area contributed by atoms with Gasteiger partial charge >= 0.3 is 0 Å². The van der Waals surface area contributed by atoms with Crippen LogP contribution in [0.15, 0.2) is 30.5 Å². The van der Waals surface area contributed by atoms with E-state index in [9.17, 15) is 4.79 Å². The molecule has 0 aliphatic heterocycles. The Kier molecular flexibility index (Phi) is 4.38. The van der Waals surface area contributed by atoms with Crippen LogP contribution in [-0.2, 0) is 6.42 Å². The number of carbonyl (C=O) groups excluding carboxylic acids is 1. The molecule has 1 unspecified atom stereocenters. The Morgan fingerprint density at radius 1 is 1.30 bits per heavy atom. The fourth-order valence-electron chi connectivity index (χ4n) is 2.22. The molecule has 0 saturated carbocycles. The zero-order valence-corrected chi connectivity index (χ0v) is 12.7. The maximum Gasteiger partial charge on any atom is 0.169 e. The zero-order chi connectivity index (χ0) is 14.7. The van der Waals surface area contributed by atoms with Gasteiger partial charge in [-0.25, -0.2) is 0 Å². The third kappa shape index (κ3) is 2.98. The Hall–Kier alpha value is -1.90. The van der Waals surface area contributed by atoms with Gasteiger partial charge in [0.05, 0.1) is 12.1 Å². The SMILES string of the molecule is CCC(C)n1ccc(CC(=O)c2cccc(C)c2C)n1. The van der Waals surface area contributed by atoms with E-state index >= 15 is 0 Å². The van der Waals surface area contributed by atoms with E-state index in [0.717, 1.165) is 28.8 Å². The Bertz CT molecular complexity index is 613. The molecule has 0 spiro atoms. The molecule has 0 saturated heterocycles. The number of benzene rings is 1. The first-order valence-corrected chi connectivity index (χ1v) is 7.16. The summed E-state index contributed by atoms with van der Waals surface area (Å²) >= 11 is 0. The van der Waals surface area contributed by atoms with Gasteiger partial charge in [-0.1, -0.05) is 25.1 Å². The second kappa shape index (κ2) is 6.04. The Morgan fingerprint density at radius 3 is 2.75 bits per heavy atom. The van der Waals surface area contributed by atoms with Crippen LogP contribution in [0.3, 0.4) is 0 Å². The number of nitrogens with zero attached hydrogens (tertiary/aromatic N) is 2. The third-order valence-electron chi connectivity index (χ3n) is 3.95. The van der Waals surface area contributed by atoms with Gasteiger partial charge in [-0.2, -0.15) is 5.10 Å². The molecule has 0 aliphatic rings. The summed E-state index contributed by atoms with van der Waals surface area (Å²) in [4.78, 5) is 12.4. The molecule has 2 rings (SSSR count). The summed E-state index contributed by atoms with van der Waals surface area (Å²) in [5, 5.41) is 4.49. The fourth-order valence-corrected chi connectivity index (χ4v) is 2.22. The van der Waals surface area contributed by atoms with Crippen LogP contribution in [0.4, 0.5) is 0 Å². The van der Waals surface area contributed by atoms with Crippen molar-refractivity contribution in [3.63, 3.8) is 0 Å². The minimum absolute atomic E-state index is 0.139. The molecular formula is C17H22N2O. The number of carbonyl (C=O) groups is 1. The quantitative estimate of drug-likeness (QED) is 0.772. The van der Waals surface area contributed by atoms with E-state index < -0.39 is 0 Å². The molecule has 0 aliphatic carbocycles. The molecule has 106 valence electrons. The Labute approximate surface area is 120 Å². The van der Waals surface area contributed by atoms with Crippen molar-refractivity contribution in [3.05, 3.63) is 52.8 Å². The maximum absolute atomic E-state index is 12.4. The third-order valence-corrected chi connectivity index (χ3v) is 3.95. The summed E-state index contributed by atoms with van der Waals surface area (Å²) in [5.74, 6) is 0.139. The highest BCUT2D eigenvalue weighted by molar-refractivity contribution is 5.98. The monoisotopic (exact) mass is 270 g/mol. The smallest absolute Gasteiger partial charge is 0.169 e. The molecule has 0 fully saturated rings. The number of Topliss-reactive ketones (excluding diaryl/α,β-unsaturated/α-hetero) is 1. The van der Waals surface area contributed by atoms with E-state index in [1.807, 2.05) is 49.0 Å². The topological polar surface area (TPSA) is 34.9 Å². The van der Waals surface area contributed by atoms with Crippen LogP contribution >= 0.6 is 0 Å². The molecule has 3 nitrogen and oxygen atoms in total. The standard InChI is InChI=1S/C17H22N2O/c1-5-13(3)19-10-9-15(18-19)11-17(20)16-8-6-7-12(2)14(16)4/h6-10,13H,5,11H2,1-4H3. The average Bonchev–Trinajstić information content (AvgIpc) is 2.89. The van der Waals surface area contributed by atoms with Gasteiger partial charge in [-0.3, -0.25) is 9.48 Å². The number of hydrogen-bond acceptors (Lipinski definition) is 2. The predicted molar refractivity (Wildman–Crippen MR) is 81.2 cm³/mol.